The molecule has 2 aromatic heterocycles. The number of anilines is 3. The average molecular weight is 793 g/mol. The van der Waals surface area contributed by atoms with Gasteiger partial charge in [0.1, 0.15) is 11.2 Å². The number of hydrogen-bond donors (Lipinski definition) is 0. The molecule has 0 aliphatic carbocycles. The summed E-state index contributed by atoms with van der Waals surface area (Å²) in [5.41, 5.74) is 15.7. The molecule has 2 heterocycles. The van der Waals surface area contributed by atoms with Gasteiger partial charge in [0.05, 0.1) is 16.7 Å². The van der Waals surface area contributed by atoms with E-state index in [1.54, 1.807) is 0 Å². The first-order valence-electron chi connectivity index (χ1n) is 21.3. The van der Waals surface area contributed by atoms with E-state index >= 15 is 0 Å². The molecule has 12 rings (SSSR count). The van der Waals surface area contributed by atoms with Crippen molar-refractivity contribution >= 4 is 71.6 Å². The summed E-state index contributed by atoms with van der Waals surface area (Å²) in [6.07, 6.45) is 0.691. The molecule has 0 saturated heterocycles. The van der Waals surface area contributed by atoms with Crippen LogP contribution in [0.25, 0.3) is 82.5 Å². The van der Waals surface area contributed by atoms with Gasteiger partial charge in [-0.25, -0.2) is 0 Å². The molecular formula is C59H40N2O. The maximum absolute atomic E-state index is 6.95. The molecule has 0 aliphatic heterocycles. The zero-order valence-electron chi connectivity index (χ0n) is 33.9. The van der Waals surface area contributed by atoms with Gasteiger partial charge < -0.3 is 13.9 Å². The SMILES string of the molecule is c1ccc(-c2ccc(N(c3ccc(-c4ccccc4)cc3)c3cc(Cc4cccc5c6ccccc6n(-c6ccccc6)c45)c4c(c3)oc3ccc5ccccc5c34)cc2)cc1. The van der Waals surface area contributed by atoms with Crippen molar-refractivity contribution in [2.45, 2.75) is 6.42 Å². The minimum Gasteiger partial charge on any atom is -0.456 e. The van der Waals surface area contributed by atoms with Crippen molar-refractivity contribution < 1.29 is 4.42 Å². The van der Waals surface area contributed by atoms with E-state index < -0.39 is 0 Å². The van der Waals surface area contributed by atoms with Gasteiger partial charge in [0.25, 0.3) is 0 Å². The monoisotopic (exact) mass is 792 g/mol. The van der Waals surface area contributed by atoms with Crippen LogP contribution >= 0.6 is 0 Å². The fourth-order valence-electron chi connectivity index (χ4n) is 9.60. The van der Waals surface area contributed by atoms with Crippen molar-refractivity contribution in [2.75, 3.05) is 4.90 Å². The van der Waals surface area contributed by atoms with Crippen molar-refractivity contribution in [3.8, 4) is 27.9 Å². The van der Waals surface area contributed by atoms with Crippen LogP contribution in [-0.4, -0.2) is 4.57 Å². The van der Waals surface area contributed by atoms with E-state index in [9.17, 15) is 0 Å². The fraction of sp³-hybridized carbons (Fsp3) is 0.0169. The molecule has 0 fully saturated rings. The highest BCUT2D eigenvalue weighted by Gasteiger charge is 2.22. The number of fused-ring (bicyclic) bond motifs is 8. The van der Waals surface area contributed by atoms with Gasteiger partial charge in [0.2, 0.25) is 0 Å². The number of para-hydroxylation sites is 3. The maximum Gasteiger partial charge on any atom is 0.137 e. The van der Waals surface area contributed by atoms with Crippen LogP contribution in [0, 0.1) is 0 Å². The van der Waals surface area contributed by atoms with E-state index in [1.807, 2.05) is 0 Å². The van der Waals surface area contributed by atoms with E-state index in [0.29, 0.717) is 6.42 Å². The molecule has 12 aromatic rings. The van der Waals surface area contributed by atoms with Crippen LogP contribution in [0.4, 0.5) is 17.1 Å². The van der Waals surface area contributed by atoms with Crippen molar-refractivity contribution in [2.24, 2.45) is 0 Å². The molecule has 0 atom stereocenters. The van der Waals surface area contributed by atoms with E-state index in [-0.39, 0.29) is 0 Å². The molecule has 0 radical (unpaired) electrons. The Balaban J connectivity index is 1.10. The van der Waals surface area contributed by atoms with E-state index in [2.05, 4.69) is 240 Å². The Kier molecular flexibility index (Phi) is 8.57. The van der Waals surface area contributed by atoms with E-state index in [1.165, 1.54) is 66.0 Å². The van der Waals surface area contributed by atoms with Gasteiger partial charge >= 0.3 is 0 Å². The maximum atomic E-state index is 6.95. The van der Waals surface area contributed by atoms with Crippen LogP contribution < -0.4 is 4.90 Å². The third kappa shape index (κ3) is 6.05. The molecular weight excluding hydrogens is 753 g/mol. The number of aromatic nitrogens is 1. The highest BCUT2D eigenvalue weighted by molar-refractivity contribution is 6.20. The van der Waals surface area contributed by atoms with Crippen LogP contribution in [0.5, 0.6) is 0 Å². The van der Waals surface area contributed by atoms with E-state index in [4.69, 9.17) is 4.42 Å². The van der Waals surface area contributed by atoms with Crippen molar-refractivity contribution in [3.63, 3.8) is 0 Å². The molecule has 3 heteroatoms. The fourth-order valence-corrected chi connectivity index (χ4v) is 9.60. The Hall–Kier alpha value is -8.14. The molecule has 0 aliphatic rings. The van der Waals surface area contributed by atoms with Gasteiger partial charge in [0.15, 0.2) is 0 Å². The second-order valence-electron chi connectivity index (χ2n) is 16.1. The first kappa shape index (κ1) is 35.8. The molecule has 0 saturated carbocycles. The Morgan fingerprint density at radius 1 is 0.371 bits per heavy atom. The van der Waals surface area contributed by atoms with Crippen molar-refractivity contribution in [1.29, 1.82) is 0 Å². The van der Waals surface area contributed by atoms with Crippen LogP contribution in [0.3, 0.4) is 0 Å². The lowest BCUT2D eigenvalue weighted by Crippen LogP contribution is -2.10. The Morgan fingerprint density at radius 2 is 0.935 bits per heavy atom. The quantitative estimate of drug-likeness (QED) is 0.153. The second kappa shape index (κ2) is 14.8. The van der Waals surface area contributed by atoms with Crippen LogP contribution in [0.1, 0.15) is 11.1 Å². The second-order valence-corrected chi connectivity index (χ2v) is 16.1. The summed E-state index contributed by atoms with van der Waals surface area (Å²) in [4.78, 5) is 2.37. The number of benzene rings is 10. The third-order valence-electron chi connectivity index (χ3n) is 12.4. The average Bonchev–Trinajstić information content (AvgIpc) is 3.90. The standard InChI is InChI=1S/C59H40N2O/c1-4-15-40(16-5-1)42-27-32-48(33-28-42)60(49-34-29-43(30-35-49)41-17-6-2-7-18-41)50-38-46(57-56(39-50)62-55-36-31-44-19-10-11-23-51(44)58(55)57)37-45-20-14-25-53-52-24-12-13-26-54(52)61(59(45)53)47-21-8-3-9-22-47/h1-36,38-39H,37H2. The predicted molar refractivity (Wildman–Crippen MR) is 260 cm³/mol. The first-order chi connectivity index (χ1) is 30.7. The summed E-state index contributed by atoms with van der Waals surface area (Å²) >= 11 is 0. The molecule has 0 amide bonds. The van der Waals surface area contributed by atoms with Crippen LogP contribution in [0.15, 0.2) is 235 Å². The van der Waals surface area contributed by atoms with Gasteiger partial charge in [-0.05, 0) is 98.8 Å². The summed E-state index contributed by atoms with van der Waals surface area (Å²) in [6.45, 7) is 0. The third-order valence-corrected chi connectivity index (χ3v) is 12.4. The van der Waals surface area contributed by atoms with Gasteiger partial charge in [-0.3, -0.25) is 0 Å². The van der Waals surface area contributed by atoms with Gasteiger partial charge in [0, 0.05) is 51.1 Å². The van der Waals surface area contributed by atoms with Gasteiger partial charge in [-0.2, -0.15) is 0 Å². The van der Waals surface area contributed by atoms with Crippen LogP contribution in [-0.2, 0) is 6.42 Å². The Morgan fingerprint density at radius 3 is 1.61 bits per heavy atom. The lowest BCUT2D eigenvalue weighted by atomic mass is 9.95. The minimum atomic E-state index is 0.691. The van der Waals surface area contributed by atoms with Crippen molar-refractivity contribution in [1.82, 2.24) is 4.57 Å². The molecule has 3 nitrogen and oxygen atoms in total. The smallest absolute Gasteiger partial charge is 0.137 e. The summed E-state index contributed by atoms with van der Waals surface area (Å²) in [6, 6.07) is 83.0. The summed E-state index contributed by atoms with van der Waals surface area (Å²) < 4.78 is 9.40. The summed E-state index contributed by atoms with van der Waals surface area (Å²) in [7, 11) is 0. The zero-order valence-corrected chi connectivity index (χ0v) is 33.9. The first-order valence-corrected chi connectivity index (χ1v) is 21.3. The minimum absolute atomic E-state index is 0.691. The number of furan rings is 1. The molecule has 0 N–H and O–H groups in total. The summed E-state index contributed by atoms with van der Waals surface area (Å²) in [5, 5.41) is 7.19. The number of nitrogens with zero attached hydrogens (tertiary/aromatic N) is 2. The molecule has 0 unspecified atom stereocenters. The molecule has 0 spiro atoms. The normalized spacial score (nSPS) is 11.6. The van der Waals surface area contributed by atoms with Gasteiger partial charge in [-0.1, -0.05) is 170 Å². The molecule has 0 bridgehead atoms. The topological polar surface area (TPSA) is 21.3 Å². The van der Waals surface area contributed by atoms with E-state index in [0.717, 1.165) is 44.7 Å². The lowest BCUT2D eigenvalue weighted by Gasteiger charge is -2.27. The zero-order chi connectivity index (χ0) is 41.0. The molecule has 292 valence electrons. The predicted octanol–water partition coefficient (Wildman–Crippen LogP) is 16.2. The Bertz CT molecular complexity index is 3490. The van der Waals surface area contributed by atoms with Crippen molar-refractivity contribution in [3.05, 3.63) is 242 Å². The number of rotatable bonds is 8. The van der Waals surface area contributed by atoms with Crippen LogP contribution in [0.2, 0.25) is 0 Å². The highest BCUT2D eigenvalue weighted by atomic mass is 16.3. The number of hydrogen-bond acceptors (Lipinski definition) is 2. The Labute approximate surface area is 360 Å². The van der Waals surface area contributed by atoms with Gasteiger partial charge in [-0.15, -0.1) is 0 Å². The molecule has 62 heavy (non-hydrogen) atoms. The largest absolute Gasteiger partial charge is 0.456 e. The lowest BCUT2D eigenvalue weighted by molar-refractivity contribution is 0.669. The highest BCUT2D eigenvalue weighted by Crippen LogP contribution is 2.44. The summed E-state index contributed by atoms with van der Waals surface area (Å²) in [5.74, 6) is 0. The molecule has 10 aromatic carbocycles.